The Morgan fingerprint density at radius 3 is 2.74 bits per heavy atom. The lowest BCUT2D eigenvalue weighted by Gasteiger charge is -2.30. The molecular weight excluding hydrogens is 445 g/mol. The van der Waals surface area contributed by atoms with E-state index in [0.717, 1.165) is 11.6 Å². The van der Waals surface area contributed by atoms with Gasteiger partial charge in [0, 0.05) is 0 Å². The van der Waals surface area contributed by atoms with E-state index in [4.69, 9.17) is 16.3 Å². The number of sulfonamides is 1. The fraction of sp³-hybridized carbons (Fsp3) is 0.143. The van der Waals surface area contributed by atoms with Crippen LogP contribution in [0.4, 0.5) is 15.8 Å². The van der Waals surface area contributed by atoms with Crippen molar-refractivity contribution in [3.05, 3.63) is 76.7 Å². The molecule has 3 aromatic rings. The van der Waals surface area contributed by atoms with Gasteiger partial charge in [-0.3, -0.25) is 9.10 Å². The van der Waals surface area contributed by atoms with Gasteiger partial charge in [-0.25, -0.2) is 17.8 Å². The second kappa shape index (κ2) is 8.16. The van der Waals surface area contributed by atoms with Crippen LogP contribution in [0.15, 0.2) is 59.6 Å². The highest BCUT2D eigenvalue weighted by Crippen LogP contribution is 2.36. The molecule has 0 radical (unpaired) electrons. The van der Waals surface area contributed by atoms with Gasteiger partial charge in [-0.1, -0.05) is 29.8 Å². The second-order valence-corrected chi connectivity index (χ2v) is 9.11. The maximum Gasteiger partial charge on any atom is 0.264 e. The molecule has 31 heavy (non-hydrogen) atoms. The number of benzene rings is 2. The monoisotopic (exact) mass is 461 g/mol. The highest BCUT2D eigenvalue weighted by atomic mass is 35.5. The summed E-state index contributed by atoms with van der Waals surface area (Å²) in [6.45, 7) is 2.00. The molecule has 0 saturated carbocycles. The molecule has 2 heterocycles. The minimum atomic E-state index is -3.89. The average Bonchev–Trinajstić information content (AvgIpc) is 2.73. The van der Waals surface area contributed by atoms with Crippen molar-refractivity contribution in [1.29, 1.82) is 0 Å². The first kappa shape index (κ1) is 21.1. The molecule has 1 amide bonds. The number of ether oxygens (including phenoxy) is 1. The van der Waals surface area contributed by atoms with E-state index in [-0.39, 0.29) is 45.9 Å². The van der Waals surface area contributed by atoms with E-state index in [1.165, 1.54) is 34.8 Å². The number of anilines is 2. The van der Waals surface area contributed by atoms with Gasteiger partial charge in [0.1, 0.15) is 18.1 Å². The Hall–Kier alpha value is -3.17. The van der Waals surface area contributed by atoms with Gasteiger partial charge in [0.2, 0.25) is 5.88 Å². The molecule has 0 atom stereocenters. The van der Waals surface area contributed by atoms with E-state index in [9.17, 15) is 17.6 Å². The van der Waals surface area contributed by atoms with Crippen LogP contribution >= 0.6 is 11.6 Å². The summed E-state index contributed by atoms with van der Waals surface area (Å²) in [5.41, 5.74) is 0.820. The van der Waals surface area contributed by atoms with Crippen molar-refractivity contribution >= 4 is 38.9 Å². The molecular formula is C21H17ClFN3O4S. The molecule has 0 aliphatic carbocycles. The van der Waals surface area contributed by atoms with Gasteiger partial charge in [0.05, 0.1) is 33.9 Å². The average molecular weight is 462 g/mol. The summed E-state index contributed by atoms with van der Waals surface area (Å²) >= 11 is 5.95. The minimum absolute atomic E-state index is 0.0459. The minimum Gasteiger partial charge on any atom is -0.474 e. The summed E-state index contributed by atoms with van der Waals surface area (Å²) in [5.74, 6) is -1.44. The van der Waals surface area contributed by atoms with Crippen molar-refractivity contribution in [3.63, 3.8) is 0 Å². The Bertz CT molecular complexity index is 1260. The Kier molecular flexibility index (Phi) is 5.55. The van der Waals surface area contributed by atoms with Crippen molar-refractivity contribution in [2.75, 3.05) is 22.8 Å². The zero-order valence-electron chi connectivity index (χ0n) is 16.3. The van der Waals surface area contributed by atoms with Gasteiger partial charge < -0.3 is 10.1 Å². The maximum atomic E-state index is 14.0. The summed E-state index contributed by atoms with van der Waals surface area (Å²) in [5, 5.41) is 2.46. The van der Waals surface area contributed by atoms with Gasteiger partial charge >= 0.3 is 0 Å². The predicted octanol–water partition coefficient (Wildman–Crippen LogP) is 4.02. The molecule has 0 unspecified atom stereocenters. The van der Waals surface area contributed by atoms with Crippen LogP contribution in [0.2, 0.25) is 5.02 Å². The van der Waals surface area contributed by atoms with Gasteiger partial charge in [-0.2, -0.15) is 0 Å². The van der Waals surface area contributed by atoms with Crippen molar-refractivity contribution in [2.24, 2.45) is 0 Å². The number of halogens is 2. The Morgan fingerprint density at radius 1 is 1.23 bits per heavy atom. The molecule has 0 saturated heterocycles. The van der Waals surface area contributed by atoms with E-state index in [0.29, 0.717) is 0 Å². The van der Waals surface area contributed by atoms with Crippen molar-refractivity contribution < 1.29 is 22.3 Å². The summed E-state index contributed by atoms with van der Waals surface area (Å²) in [4.78, 5) is 16.8. The van der Waals surface area contributed by atoms with E-state index in [1.807, 2.05) is 0 Å². The number of aromatic nitrogens is 1. The number of carbonyl (C=O) groups excluding carboxylic acids is 1. The number of carbonyl (C=O) groups is 1. The van der Waals surface area contributed by atoms with E-state index in [2.05, 4.69) is 10.3 Å². The number of nitrogens with zero attached hydrogens (tertiary/aromatic N) is 2. The molecule has 1 aromatic heterocycles. The predicted molar refractivity (Wildman–Crippen MR) is 115 cm³/mol. The van der Waals surface area contributed by atoms with Crippen LogP contribution in [0.5, 0.6) is 5.88 Å². The van der Waals surface area contributed by atoms with Crippen molar-refractivity contribution in [1.82, 2.24) is 4.98 Å². The van der Waals surface area contributed by atoms with E-state index in [1.54, 1.807) is 25.1 Å². The quantitative estimate of drug-likeness (QED) is 0.634. The fourth-order valence-corrected chi connectivity index (χ4v) is 5.00. The van der Waals surface area contributed by atoms with Crippen molar-refractivity contribution in [3.8, 4) is 5.88 Å². The first-order chi connectivity index (χ1) is 14.8. The van der Waals surface area contributed by atoms with E-state index >= 15 is 0 Å². The maximum absolute atomic E-state index is 14.0. The Morgan fingerprint density at radius 2 is 2.00 bits per heavy atom. The number of rotatable bonds is 4. The number of nitrogens with one attached hydrogen (secondary N) is 1. The van der Waals surface area contributed by atoms with Crippen LogP contribution in [0, 0.1) is 12.7 Å². The lowest BCUT2D eigenvalue weighted by Crippen LogP contribution is -2.38. The van der Waals surface area contributed by atoms with Crippen LogP contribution in [0.1, 0.15) is 15.9 Å². The molecule has 1 N–H and O–H groups in total. The summed E-state index contributed by atoms with van der Waals surface area (Å²) < 4.78 is 47.2. The first-order valence-electron chi connectivity index (χ1n) is 9.25. The molecule has 1 aliphatic rings. The number of hydrogen-bond donors (Lipinski definition) is 1. The molecule has 1 aliphatic heterocycles. The largest absolute Gasteiger partial charge is 0.474 e. The molecule has 0 bridgehead atoms. The number of amides is 1. The highest BCUT2D eigenvalue weighted by Gasteiger charge is 2.31. The summed E-state index contributed by atoms with van der Waals surface area (Å²) in [6.07, 6.45) is 1.30. The van der Waals surface area contributed by atoms with Crippen LogP contribution in [0.25, 0.3) is 0 Å². The van der Waals surface area contributed by atoms with Gasteiger partial charge in [0.25, 0.3) is 15.9 Å². The fourth-order valence-electron chi connectivity index (χ4n) is 3.21. The lowest BCUT2D eigenvalue weighted by atomic mass is 10.2. The molecule has 7 nitrogen and oxygen atoms in total. The van der Waals surface area contributed by atoms with Crippen LogP contribution in [-0.4, -0.2) is 32.5 Å². The summed E-state index contributed by atoms with van der Waals surface area (Å²) in [7, 11) is -3.89. The van der Waals surface area contributed by atoms with Gasteiger partial charge in [-0.15, -0.1) is 0 Å². The molecule has 4 rings (SSSR count). The van der Waals surface area contributed by atoms with E-state index < -0.39 is 21.7 Å². The molecule has 10 heteroatoms. The number of pyridine rings is 1. The standard InChI is InChI=1S/C21H17ClFN3O4S/c1-13-4-2-5-15(10-13)31(28,29)26-8-9-30-21-18(26)11-14(12-24-21)25-20(27)19-16(22)6-3-7-17(19)23/h2-7,10-12H,8-9H2,1H3,(H,25,27). The smallest absolute Gasteiger partial charge is 0.264 e. The van der Waals surface area contributed by atoms with Crippen LogP contribution in [-0.2, 0) is 10.0 Å². The number of fused-ring (bicyclic) bond motifs is 1. The van der Waals surface area contributed by atoms with Crippen LogP contribution < -0.4 is 14.4 Å². The lowest BCUT2D eigenvalue weighted by molar-refractivity contribution is 0.102. The molecule has 0 fully saturated rings. The third-order valence-corrected chi connectivity index (χ3v) is 6.78. The summed E-state index contributed by atoms with van der Waals surface area (Å²) in [6, 6.07) is 11.9. The topological polar surface area (TPSA) is 88.6 Å². The van der Waals surface area contributed by atoms with Crippen molar-refractivity contribution in [2.45, 2.75) is 11.8 Å². The third kappa shape index (κ3) is 4.06. The second-order valence-electron chi connectivity index (χ2n) is 6.84. The third-order valence-electron chi connectivity index (χ3n) is 4.66. The zero-order chi connectivity index (χ0) is 22.2. The SMILES string of the molecule is Cc1cccc(S(=O)(=O)N2CCOc3ncc(NC(=O)c4c(F)cccc4Cl)cc32)c1. The number of aryl methyl sites for hydroxylation is 1. The highest BCUT2D eigenvalue weighted by molar-refractivity contribution is 7.92. The molecule has 2 aromatic carbocycles. The molecule has 0 spiro atoms. The Balaban J connectivity index is 1.69. The number of hydrogen-bond acceptors (Lipinski definition) is 5. The van der Waals surface area contributed by atoms with Gasteiger partial charge in [-0.05, 0) is 42.8 Å². The Labute approximate surface area is 183 Å². The molecule has 160 valence electrons. The van der Waals surface area contributed by atoms with Crippen LogP contribution in [0.3, 0.4) is 0 Å². The first-order valence-corrected chi connectivity index (χ1v) is 11.1. The zero-order valence-corrected chi connectivity index (χ0v) is 17.9. The van der Waals surface area contributed by atoms with Gasteiger partial charge in [0.15, 0.2) is 0 Å². The normalized spacial score (nSPS) is 13.3.